The summed E-state index contributed by atoms with van der Waals surface area (Å²) in [7, 11) is -5.73. The minimum Gasteiger partial charge on any atom is -0.381 e. The number of rotatable bonds is 23. The molecule has 5 aromatic carbocycles. The first-order valence-electron chi connectivity index (χ1n) is 41.1. The number of nitriles is 1. The van der Waals surface area contributed by atoms with Gasteiger partial charge < -0.3 is 31.9 Å². The highest BCUT2D eigenvalue weighted by Crippen LogP contribution is 2.37. The predicted octanol–water partition coefficient (Wildman–Crippen LogP) is 14.5. The Morgan fingerprint density at radius 3 is 1.26 bits per heavy atom. The maximum atomic E-state index is 12.1. The summed E-state index contributed by atoms with van der Waals surface area (Å²) in [5, 5.41) is 27.6. The largest absolute Gasteiger partial charge is 0.381 e. The molecule has 0 unspecified atom stereocenters. The number of aryl methyl sites for hydroxylation is 1. The van der Waals surface area contributed by atoms with Crippen LogP contribution in [0.25, 0.3) is 67.6 Å². The lowest BCUT2D eigenvalue weighted by atomic mass is 10.1. The lowest BCUT2D eigenvalue weighted by molar-refractivity contribution is -0.121. The van der Waals surface area contributed by atoms with E-state index in [1.165, 1.54) is 0 Å². The van der Waals surface area contributed by atoms with Crippen LogP contribution >= 0.6 is 11.6 Å². The van der Waals surface area contributed by atoms with Crippen molar-refractivity contribution >= 4 is 112 Å². The third-order valence-corrected chi connectivity index (χ3v) is 25.8. The molecule has 29 heteroatoms. The van der Waals surface area contributed by atoms with Crippen LogP contribution in [0.2, 0.25) is 5.02 Å². The Morgan fingerprint density at radius 2 is 0.826 bits per heavy atom. The van der Waals surface area contributed by atoms with Crippen LogP contribution < -0.4 is 31.9 Å². The molecule has 0 bridgehead atoms. The molecule has 4 saturated carbocycles. The van der Waals surface area contributed by atoms with E-state index >= 15 is 0 Å². The van der Waals surface area contributed by atoms with Crippen molar-refractivity contribution in [3.63, 3.8) is 0 Å². The minimum absolute atomic E-state index is 0.0194. The van der Waals surface area contributed by atoms with Crippen LogP contribution in [0, 0.1) is 41.9 Å². The number of amides is 5. The average Bonchev–Trinajstić information content (AvgIpc) is 1.32. The Hall–Kier alpha value is -12.4. The highest BCUT2D eigenvalue weighted by Gasteiger charge is 2.34. The number of nitrogens with one attached hydrogen (secondary N) is 6. The third kappa shape index (κ3) is 21.1. The molecule has 13 aromatic rings. The zero-order chi connectivity index (χ0) is 83.9. The van der Waals surface area contributed by atoms with Gasteiger partial charge in [0.15, 0.2) is 42.9 Å². The zero-order valence-electron chi connectivity index (χ0n) is 67.3. The summed E-state index contributed by atoms with van der Waals surface area (Å²) < 4.78 is 54.4. The van der Waals surface area contributed by atoms with Crippen molar-refractivity contribution in [3.8, 4) is 51.1 Å². The van der Waals surface area contributed by atoms with Crippen molar-refractivity contribution < 1.29 is 40.8 Å². The van der Waals surface area contributed by atoms with Gasteiger partial charge in [0.2, 0.25) is 29.5 Å². The van der Waals surface area contributed by atoms with E-state index in [1.54, 1.807) is 6.20 Å². The van der Waals surface area contributed by atoms with Crippen molar-refractivity contribution in [2.75, 3.05) is 75.8 Å². The number of aromatic nitrogens is 8. The maximum Gasteiger partial charge on any atom is 0.228 e. The molecule has 2 saturated heterocycles. The number of anilines is 5. The first-order chi connectivity index (χ1) is 58.6. The molecule has 19 rings (SSSR count). The number of carbonyl (C=O) groups is 5. The van der Waals surface area contributed by atoms with E-state index in [4.69, 9.17) is 16.9 Å². The van der Waals surface area contributed by atoms with Gasteiger partial charge in [-0.2, -0.15) is 5.26 Å². The molecule has 5 amide bonds. The summed E-state index contributed by atoms with van der Waals surface area (Å²) in [5.74, 6) is 3.99. The molecule has 4 aliphatic carbocycles. The number of fused-ring (bicyclic) bond motifs is 4. The number of para-hydroxylation sites is 1. The van der Waals surface area contributed by atoms with Crippen LogP contribution in [0.4, 0.5) is 29.0 Å². The number of hydrogen-bond donors (Lipinski definition) is 6. The molecule has 620 valence electrons. The van der Waals surface area contributed by atoms with E-state index in [-0.39, 0.29) is 76.2 Å². The lowest BCUT2D eigenvalue weighted by Crippen LogP contribution is -2.39. The molecule has 121 heavy (non-hydrogen) atoms. The Bertz CT molecular complexity index is 6270. The van der Waals surface area contributed by atoms with Crippen molar-refractivity contribution in [2.45, 2.75) is 104 Å². The zero-order valence-corrected chi connectivity index (χ0v) is 69.7. The van der Waals surface area contributed by atoms with E-state index in [9.17, 15) is 40.8 Å². The normalized spacial score (nSPS) is 16.1. The van der Waals surface area contributed by atoms with Gasteiger partial charge in [-0.1, -0.05) is 146 Å². The molecule has 6 fully saturated rings. The summed E-state index contributed by atoms with van der Waals surface area (Å²) in [6.45, 7) is 8.87. The van der Waals surface area contributed by atoms with Crippen LogP contribution in [-0.2, 0) is 76.2 Å². The van der Waals surface area contributed by atoms with Gasteiger partial charge in [-0.05, 0) is 163 Å². The molecule has 10 heterocycles. The van der Waals surface area contributed by atoms with Crippen LogP contribution in [0.3, 0.4) is 0 Å². The second kappa shape index (κ2) is 36.3. The number of carbonyl (C=O) groups excluding carboxylic acids is 5. The number of nitrogens with zero attached hydrogens (tertiary/aromatic N) is 11. The average molecular weight is 1680 g/mol. The molecule has 0 spiro atoms. The van der Waals surface area contributed by atoms with Gasteiger partial charge in [0, 0.05) is 93.7 Å². The Balaban J connectivity index is 0.000000120. The third-order valence-electron chi connectivity index (χ3n) is 22.3. The number of hydrogen-bond acceptors (Lipinski definition) is 17. The highest BCUT2D eigenvalue weighted by molar-refractivity contribution is 7.91. The molecule has 26 nitrogen and oxygen atoms in total. The Kier molecular flexibility index (Phi) is 24.7. The van der Waals surface area contributed by atoms with Gasteiger partial charge in [0.05, 0.1) is 88.1 Å². The van der Waals surface area contributed by atoms with E-state index in [2.05, 4.69) is 122 Å². The summed E-state index contributed by atoms with van der Waals surface area (Å²) in [6, 6.07) is 62.7. The van der Waals surface area contributed by atoms with E-state index in [0.717, 1.165) is 165 Å². The number of imidazole rings is 4. The van der Waals surface area contributed by atoms with Gasteiger partial charge in [-0.25, -0.2) is 36.8 Å². The highest BCUT2D eigenvalue weighted by atomic mass is 35.5. The first kappa shape index (κ1) is 82.3. The molecule has 2 aliphatic heterocycles. The van der Waals surface area contributed by atoms with Crippen molar-refractivity contribution in [2.24, 2.45) is 23.7 Å². The fourth-order valence-electron chi connectivity index (χ4n) is 14.7. The van der Waals surface area contributed by atoms with Gasteiger partial charge in [-0.3, -0.25) is 51.4 Å². The summed E-state index contributed by atoms with van der Waals surface area (Å²) in [6.07, 6.45) is 16.0. The van der Waals surface area contributed by atoms with Crippen LogP contribution in [0.15, 0.2) is 207 Å². The SMILES string of the molecule is CCC(=O)NCc1ccc(-c2cccc3nc(NC(=O)C4CC4)cn23)cc1.Cc1cc(-c2ccc(CN3CCS(=O)(=O)CC3)cc2)n2cc(NC(=O)C3CC3)nc2c1.N#CCc1ccccc1NCc1ccc(-c2cccc3nc(NC(=O)C4CC4)cn23)cc1.O=C(Nc1cn2c(-c3ccc(CN4CCS(=O)(=O)CC4)cc3)c(Cl)ccc2n1)C1CC1. The second-order valence-electron chi connectivity index (χ2n) is 31.9. The standard InChI is InChI=1S/C26H23N5O.C23H26N4O3S.C22H23ClN4O3S.C21H22N4O2/c27-15-14-19-4-1-2-5-22(19)28-16-18-8-10-20(11-9-18)23-6-3-7-25-29-24(17-31(23)25)30-26(32)21-12-13-21;1-16-12-20(27-15-21(24-22(27)13-16)25-23(28)19-6-7-19)18-4-2-17(3-5-18)14-26-8-10-31(29,30)11-9-26;23-18-7-8-20-24-19(25-22(28)17-5-6-17)14-27(20)21(18)16-3-1-15(2-4-16)13-26-9-11-31(29,30)12-10-26;1-2-20(26)22-12-14-6-8-15(9-7-14)17-4-3-5-19-23-18(13-25(17)19)24-21(27)16-10-11-16/h1-11,17,21,28H,12-14,16H2,(H,30,32);2-5,12-13,15,19H,6-11,14H2,1H3,(H,25,28);1-4,7-8,14,17H,5-6,9-13H2,(H,25,28);3-9,13,16H,2,10-12H2,1H3,(H,22,26)(H,24,27). The van der Waals surface area contributed by atoms with Crippen molar-refractivity contribution in [1.29, 1.82) is 5.26 Å². The minimum atomic E-state index is -2.87. The smallest absolute Gasteiger partial charge is 0.228 e. The van der Waals surface area contributed by atoms with E-state index in [0.29, 0.717) is 86.1 Å². The Morgan fingerprint density at radius 1 is 0.438 bits per heavy atom. The monoisotopic (exact) mass is 1680 g/mol. The fraction of sp³-hybridized carbons (Fsp3) is 0.304. The predicted molar refractivity (Wildman–Crippen MR) is 471 cm³/mol. The van der Waals surface area contributed by atoms with Gasteiger partial charge in [0.1, 0.15) is 22.6 Å². The quantitative estimate of drug-likeness (QED) is 0.0346. The van der Waals surface area contributed by atoms with E-state index < -0.39 is 19.7 Å². The van der Waals surface area contributed by atoms with Crippen molar-refractivity contribution in [1.82, 2.24) is 52.7 Å². The summed E-state index contributed by atoms with van der Waals surface area (Å²) in [5.41, 5.74) is 18.7. The van der Waals surface area contributed by atoms with Gasteiger partial charge >= 0.3 is 0 Å². The maximum absolute atomic E-state index is 12.1. The second-order valence-corrected chi connectivity index (χ2v) is 36.9. The van der Waals surface area contributed by atoms with Crippen molar-refractivity contribution in [3.05, 3.63) is 245 Å². The molecular formula is C92H94ClN17O9S2. The van der Waals surface area contributed by atoms with E-state index in [1.807, 2.05) is 177 Å². The van der Waals surface area contributed by atoms with Crippen LogP contribution in [0.5, 0.6) is 0 Å². The number of sulfone groups is 2. The molecular weight excluding hydrogens is 1590 g/mol. The van der Waals surface area contributed by atoms with Gasteiger partial charge in [-0.15, -0.1) is 0 Å². The van der Waals surface area contributed by atoms with Crippen LogP contribution in [0.1, 0.15) is 98.1 Å². The molecule has 6 N–H and O–H groups in total. The number of halogens is 1. The summed E-state index contributed by atoms with van der Waals surface area (Å²) >= 11 is 6.53. The number of benzene rings is 5. The Labute approximate surface area is 706 Å². The summed E-state index contributed by atoms with van der Waals surface area (Å²) in [4.78, 5) is 82.2. The lowest BCUT2D eigenvalue weighted by Gasteiger charge is -2.26. The molecule has 0 radical (unpaired) electrons. The molecule has 8 aromatic heterocycles. The molecule has 0 atom stereocenters. The first-order valence-corrected chi connectivity index (χ1v) is 45.2. The van der Waals surface area contributed by atoms with Gasteiger partial charge in [0.25, 0.3) is 0 Å². The topological polar surface area (TPSA) is 325 Å². The number of pyridine rings is 4. The fourth-order valence-corrected chi connectivity index (χ4v) is 17.5. The van der Waals surface area contributed by atoms with Crippen LogP contribution in [-0.4, -0.2) is 143 Å². The molecule has 6 aliphatic rings.